The molecule has 7 heteroatoms. The monoisotopic (exact) mass is 348 g/mol. The second-order valence-corrected chi connectivity index (χ2v) is 6.24. The molecule has 7 nitrogen and oxygen atoms in total. The second kappa shape index (κ2) is 6.97. The highest BCUT2D eigenvalue weighted by Gasteiger charge is 2.09. The number of ether oxygens (including phenoxy) is 1. The van der Waals surface area contributed by atoms with Crippen LogP contribution >= 0.6 is 0 Å². The van der Waals surface area contributed by atoms with Crippen LogP contribution in [0.3, 0.4) is 0 Å². The molecule has 1 aromatic carbocycles. The minimum atomic E-state index is 0.483. The lowest BCUT2D eigenvalue weighted by molar-refractivity contribution is 0.249. The molecule has 0 bridgehead atoms. The van der Waals surface area contributed by atoms with Crippen LogP contribution in [-0.2, 0) is 0 Å². The number of hydrogen-bond acceptors (Lipinski definition) is 6. The SMILES string of the molecule is CN(C)CCOc1cccc2nc(Nc3ccc4ccccc4n3)nn12. The van der Waals surface area contributed by atoms with Gasteiger partial charge in [0.25, 0.3) is 0 Å². The van der Waals surface area contributed by atoms with E-state index in [1.807, 2.05) is 68.7 Å². The Kier molecular flexibility index (Phi) is 4.37. The van der Waals surface area contributed by atoms with Crippen molar-refractivity contribution < 1.29 is 4.74 Å². The summed E-state index contributed by atoms with van der Waals surface area (Å²) in [5, 5.41) is 8.77. The van der Waals surface area contributed by atoms with Crippen molar-refractivity contribution in [3.63, 3.8) is 0 Å². The van der Waals surface area contributed by atoms with Gasteiger partial charge in [0.15, 0.2) is 5.65 Å². The van der Waals surface area contributed by atoms with E-state index in [1.54, 1.807) is 4.52 Å². The lowest BCUT2D eigenvalue weighted by atomic mass is 10.2. The zero-order chi connectivity index (χ0) is 17.9. The van der Waals surface area contributed by atoms with E-state index in [0.717, 1.165) is 23.1 Å². The van der Waals surface area contributed by atoms with Crippen LogP contribution in [0.25, 0.3) is 16.6 Å². The van der Waals surface area contributed by atoms with Gasteiger partial charge in [0.2, 0.25) is 11.8 Å². The lowest BCUT2D eigenvalue weighted by Gasteiger charge is -2.11. The van der Waals surface area contributed by atoms with Gasteiger partial charge in [0, 0.05) is 18.0 Å². The average molecular weight is 348 g/mol. The zero-order valence-electron chi connectivity index (χ0n) is 14.8. The Morgan fingerprint density at radius 1 is 1.00 bits per heavy atom. The van der Waals surface area contributed by atoms with Crippen molar-refractivity contribution in [2.45, 2.75) is 0 Å². The molecule has 4 rings (SSSR count). The molecule has 0 amide bonds. The molecule has 4 aromatic rings. The molecule has 0 spiro atoms. The van der Waals surface area contributed by atoms with Crippen molar-refractivity contribution in [2.24, 2.45) is 0 Å². The normalized spacial score (nSPS) is 11.3. The molecule has 0 aliphatic rings. The third-order valence-electron chi connectivity index (χ3n) is 3.95. The molecule has 0 saturated carbocycles. The largest absolute Gasteiger partial charge is 0.476 e. The highest BCUT2D eigenvalue weighted by molar-refractivity contribution is 5.80. The molecule has 26 heavy (non-hydrogen) atoms. The minimum Gasteiger partial charge on any atom is -0.476 e. The van der Waals surface area contributed by atoms with E-state index in [1.165, 1.54) is 0 Å². The van der Waals surface area contributed by atoms with Crippen molar-refractivity contribution in [3.8, 4) is 5.88 Å². The molecule has 132 valence electrons. The maximum atomic E-state index is 5.83. The first-order valence-electron chi connectivity index (χ1n) is 8.45. The summed E-state index contributed by atoms with van der Waals surface area (Å²) in [7, 11) is 4.02. The Labute approximate surface area is 151 Å². The van der Waals surface area contributed by atoms with Gasteiger partial charge < -0.3 is 15.0 Å². The number of aromatic nitrogens is 4. The summed E-state index contributed by atoms with van der Waals surface area (Å²) in [6.45, 7) is 1.41. The second-order valence-electron chi connectivity index (χ2n) is 6.24. The Hall–Kier alpha value is -3.19. The summed E-state index contributed by atoms with van der Waals surface area (Å²) < 4.78 is 7.52. The van der Waals surface area contributed by atoms with Gasteiger partial charge in [0.1, 0.15) is 12.4 Å². The number of likely N-dealkylation sites (N-methyl/N-ethyl adjacent to an activating group) is 1. The van der Waals surface area contributed by atoms with Gasteiger partial charge in [-0.15, -0.1) is 5.10 Å². The topological polar surface area (TPSA) is 67.6 Å². The van der Waals surface area contributed by atoms with Crippen LogP contribution in [0.1, 0.15) is 0 Å². The molecule has 3 heterocycles. The third kappa shape index (κ3) is 3.43. The molecular formula is C19H20N6O. The van der Waals surface area contributed by atoms with Gasteiger partial charge in [-0.05, 0) is 38.4 Å². The number of rotatable bonds is 6. The first-order valence-corrected chi connectivity index (χ1v) is 8.45. The number of para-hydroxylation sites is 1. The lowest BCUT2D eigenvalue weighted by Crippen LogP contribution is -2.20. The Balaban J connectivity index is 1.58. The van der Waals surface area contributed by atoms with Crippen molar-refractivity contribution in [1.29, 1.82) is 0 Å². The molecule has 3 aromatic heterocycles. The van der Waals surface area contributed by atoms with Gasteiger partial charge in [-0.2, -0.15) is 9.50 Å². The number of hydrogen-bond donors (Lipinski definition) is 1. The summed E-state index contributed by atoms with van der Waals surface area (Å²) in [5.74, 6) is 1.85. The fraction of sp³-hybridized carbons (Fsp3) is 0.211. The maximum Gasteiger partial charge on any atom is 0.248 e. The number of anilines is 2. The number of nitrogens with zero attached hydrogens (tertiary/aromatic N) is 5. The van der Waals surface area contributed by atoms with Crippen LogP contribution < -0.4 is 10.1 Å². The van der Waals surface area contributed by atoms with Gasteiger partial charge in [-0.3, -0.25) is 0 Å². The molecule has 1 N–H and O–H groups in total. The molecular weight excluding hydrogens is 328 g/mol. The summed E-state index contributed by atoms with van der Waals surface area (Å²) in [6.07, 6.45) is 0. The van der Waals surface area contributed by atoms with Crippen molar-refractivity contribution in [3.05, 3.63) is 54.6 Å². The van der Waals surface area contributed by atoms with Crippen molar-refractivity contribution in [2.75, 3.05) is 32.6 Å². The molecule has 0 atom stereocenters. The van der Waals surface area contributed by atoms with Gasteiger partial charge in [0.05, 0.1) is 5.52 Å². The van der Waals surface area contributed by atoms with E-state index in [-0.39, 0.29) is 0 Å². The quantitative estimate of drug-likeness (QED) is 0.578. The Morgan fingerprint density at radius 2 is 1.88 bits per heavy atom. The van der Waals surface area contributed by atoms with E-state index >= 15 is 0 Å². The van der Waals surface area contributed by atoms with Gasteiger partial charge in [-0.1, -0.05) is 24.3 Å². The molecule has 0 fully saturated rings. The van der Waals surface area contributed by atoms with Crippen molar-refractivity contribution in [1.82, 2.24) is 24.5 Å². The highest BCUT2D eigenvalue weighted by atomic mass is 16.5. The number of fused-ring (bicyclic) bond motifs is 2. The number of pyridine rings is 2. The summed E-state index contributed by atoms with van der Waals surface area (Å²) in [5.41, 5.74) is 1.64. The van der Waals surface area contributed by atoms with E-state index < -0.39 is 0 Å². The van der Waals surface area contributed by atoms with Crippen LogP contribution in [0.2, 0.25) is 0 Å². The van der Waals surface area contributed by atoms with Crippen LogP contribution in [0.5, 0.6) is 5.88 Å². The average Bonchev–Trinajstić information content (AvgIpc) is 3.04. The summed E-state index contributed by atoms with van der Waals surface area (Å²) in [6, 6.07) is 17.6. The van der Waals surface area contributed by atoms with E-state index in [2.05, 4.69) is 25.3 Å². The zero-order valence-corrected chi connectivity index (χ0v) is 14.8. The summed E-state index contributed by atoms with van der Waals surface area (Å²) in [4.78, 5) is 11.2. The van der Waals surface area contributed by atoms with Gasteiger partial charge in [-0.25, -0.2) is 4.98 Å². The molecule has 0 saturated heterocycles. The number of benzene rings is 1. The van der Waals surface area contributed by atoms with E-state index in [0.29, 0.717) is 24.3 Å². The molecule has 0 aliphatic heterocycles. The maximum absolute atomic E-state index is 5.83. The molecule has 0 unspecified atom stereocenters. The predicted molar refractivity (Wildman–Crippen MR) is 102 cm³/mol. The number of nitrogens with one attached hydrogen (secondary N) is 1. The highest BCUT2D eigenvalue weighted by Crippen LogP contribution is 2.19. The Morgan fingerprint density at radius 3 is 2.77 bits per heavy atom. The van der Waals surface area contributed by atoms with Crippen LogP contribution in [0.4, 0.5) is 11.8 Å². The fourth-order valence-corrected chi connectivity index (χ4v) is 2.63. The van der Waals surface area contributed by atoms with Crippen molar-refractivity contribution >= 4 is 28.3 Å². The van der Waals surface area contributed by atoms with Crippen LogP contribution in [0, 0.1) is 0 Å². The standard InChI is InChI=1S/C19H20N6O/c1-24(2)12-13-26-18-9-5-8-17-22-19(23-25(17)18)21-16-11-10-14-6-3-4-7-15(14)20-16/h3-11H,12-13H2,1-2H3,(H,20,21,23). The first-order chi connectivity index (χ1) is 12.7. The molecule has 0 radical (unpaired) electrons. The van der Waals surface area contributed by atoms with E-state index in [9.17, 15) is 0 Å². The third-order valence-corrected chi connectivity index (χ3v) is 3.95. The fourth-order valence-electron chi connectivity index (χ4n) is 2.63. The smallest absolute Gasteiger partial charge is 0.248 e. The Bertz CT molecular complexity index is 1040. The summed E-state index contributed by atoms with van der Waals surface area (Å²) >= 11 is 0. The predicted octanol–water partition coefficient (Wildman–Crippen LogP) is 2.96. The van der Waals surface area contributed by atoms with Crippen LogP contribution in [-0.4, -0.2) is 51.7 Å². The van der Waals surface area contributed by atoms with Gasteiger partial charge >= 0.3 is 0 Å². The molecule has 0 aliphatic carbocycles. The van der Waals surface area contributed by atoms with E-state index in [4.69, 9.17) is 4.74 Å². The first kappa shape index (κ1) is 16.3. The van der Waals surface area contributed by atoms with Crippen LogP contribution in [0.15, 0.2) is 54.6 Å². The minimum absolute atomic E-state index is 0.483.